The summed E-state index contributed by atoms with van der Waals surface area (Å²) >= 11 is 12.5. The summed E-state index contributed by atoms with van der Waals surface area (Å²) in [6.45, 7) is 5.34. The summed E-state index contributed by atoms with van der Waals surface area (Å²) in [5, 5.41) is 4.56. The lowest BCUT2D eigenvalue weighted by atomic mass is 10.2. The minimum absolute atomic E-state index is 0.211. The van der Waals surface area contributed by atoms with E-state index in [1.54, 1.807) is 6.07 Å². The Morgan fingerprint density at radius 1 is 1.03 bits per heavy atom. The Labute approximate surface area is 221 Å². The number of carbonyl (C=O) groups is 1. The molecule has 192 valence electrons. The molecule has 0 bridgehead atoms. The normalized spacial score (nSPS) is 14.0. The van der Waals surface area contributed by atoms with Gasteiger partial charge in [0, 0.05) is 50.7 Å². The second-order valence-corrected chi connectivity index (χ2v) is 9.19. The van der Waals surface area contributed by atoms with Crippen LogP contribution in [0.3, 0.4) is 0 Å². The molecule has 0 unspecified atom stereocenters. The third-order valence-corrected chi connectivity index (χ3v) is 6.83. The van der Waals surface area contributed by atoms with Gasteiger partial charge in [0.05, 0.1) is 27.9 Å². The highest BCUT2D eigenvalue weighted by Crippen LogP contribution is 2.33. The zero-order chi connectivity index (χ0) is 25.3. The molecule has 1 saturated heterocycles. The molecule has 8 nitrogen and oxygen atoms in total. The molecule has 1 aliphatic rings. The van der Waals surface area contributed by atoms with Crippen molar-refractivity contribution in [1.82, 2.24) is 15.2 Å². The van der Waals surface area contributed by atoms with Crippen molar-refractivity contribution in [2.45, 2.75) is 12.8 Å². The number of carbonyl (C=O) groups excluding carboxylic acids is 1. The first kappa shape index (κ1) is 26.1. The number of benzene rings is 2. The number of aromatic nitrogens is 1. The minimum atomic E-state index is -0.559. The SMILES string of the molecule is CNC(=O)OCOc1ccc2ccc(OCCCCN3CCN(c4cccc(Cl)c4Cl)CC3)cc2n1. The van der Waals surface area contributed by atoms with Crippen molar-refractivity contribution in [3.8, 4) is 11.6 Å². The molecule has 0 radical (unpaired) electrons. The van der Waals surface area contributed by atoms with E-state index in [-0.39, 0.29) is 6.79 Å². The fourth-order valence-corrected chi connectivity index (χ4v) is 4.46. The van der Waals surface area contributed by atoms with Crippen LogP contribution in [0.15, 0.2) is 48.5 Å². The van der Waals surface area contributed by atoms with Crippen LogP contribution in [0.4, 0.5) is 10.5 Å². The molecule has 0 spiro atoms. The smallest absolute Gasteiger partial charge is 0.409 e. The van der Waals surface area contributed by atoms with E-state index in [4.69, 9.17) is 37.4 Å². The lowest BCUT2D eigenvalue weighted by Gasteiger charge is -2.36. The van der Waals surface area contributed by atoms with E-state index in [9.17, 15) is 4.79 Å². The second kappa shape index (κ2) is 12.9. The van der Waals surface area contributed by atoms with Crippen molar-refractivity contribution >= 4 is 45.9 Å². The first-order valence-electron chi connectivity index (χ1n) is 12.0. The molecule has 0 saturated carbocycles. The number of anilines is 1. The van der Waals surface area contributed by atoms with E-state index in [1.165, 1.54) is 7.05 Å². The van der Waals surface area contributed by atoms with Crippen molar-refractivity contribution in [2.24, 2.45) is 0 Å². The highest BCUT2D eigenvalue weighted by molar-refractivity contribution is 6.43. The number of amides is 1. The number of ether oxygens (including phenoxy) is 3. The monoisotopic (exact) mass is 532 g/mol. The van der Waals surface area contributed by atoms with Gasteiger partial charge in [-0.15, -0.1) is 0 Å². The predicted molar refractivity (Wildman–Crippen MR) is 143 cm³/mol. The summed E-state index contributed by atoms with van der Waals surface area (Å²) in [6.07, 6.45) is 1.47. The van der Waals surface area contributed by atoms with Crippen LogP contribution < -0.4 is 19.7 Å². The van der Waals surface area contributed by atoms with Gasteiger partial charge in [-0.25, -0.2) is 9.78 Å². The summed E-state index contributed by atoms with van der Waals surface area (Å²) in [6, 6.07) is 15.2. The third kappa shape index (κ3) is 7.06. The van der Waals surface area contributed by atoms with Gasteiger partial charge in [0.15, 0.2) is 0 Å². The van der Waals surface area contributed by atoms with Gasteiger partial charge in [-0.2, -0.15) is 0 Å². The fourth-order valence-electron chi connectivity index (χ4n) is 4.04. The van der Waals surface area contributed by atoms with Gasteiger partial charge in [0.2, 0.25) is 12.7 Å². The van der Waals surface area contributed by atoms with Gasteiger partial charge in [-0.05, 0) is 49.7 Å². The van der Waals surface area contributed by atoms with Crippen LogP contribution in [-0.4, -0.2) is 69.1 Å². The molecular formula is C26H30Cl2N4O4. The van der Waals surface area contributed by atoms with Gasteiger partial charge in [-0.1, -0.05) is 29.3 Å². The molecule has 1 fully saturated rings. The van der Waals surface area contributed by atoms with Crippen molar-refractivity contribution in [3.63, 3.8) is 0 Å². The number of rotatable bonds is 10. The summed E-state index contributed by atoms with van der Waals surface area (Å²) < 4.78 is 16.2. The molecule has 2 aromatic carbocycles. The number of halogens is 2. The number of hydrogen-bond donors (Lipinski definition) is 1. The number of nitrogens with one attached hydrogen (secondary N) is 1. The molecule has 1 aromatic heterocycles. The molecule has 1 N–H and O–H groups in total. The first-order chi connectivity index (χ1) is 17.5. The predicted octanol–water partition coefficient (Wildman–Crippen LogP) is 5.22. The number of pyridine rings is 1. The number of unbranched alkanes of at least 4 members (excludes halogenated alkanes) is 1. The summed E-state index contributed by atoms with van der Waals surface area (Å²) in [4.78, 5) is 20.4. The molecule has 0 atom stereocenters. The number of alkyl carbamates (subject to hydrolysis) is 1. The molecule has 36 heavy (non-hydrogen) atoms. The number of nitrogens with zero attached hydrogens (tertiary/aromatic N) is 3. The quantitative estimate of drug-likeness (QED) is 0.283. The van der Waals surface area contributed by atoms with Crippen molar-refractivity contribution in [1.29, 1.82) is 0 Å². The van der Waals surface area contributed by atoms with Crippen molar-refractivity contribution in [3.05, 3.63) is 58.6 Å². The molecule has 1 amide bonds. The van der Waals surface area contributed by atoms with Crippen LogP contribution in [0.5, 0.6) is 11.6 Å². The summed E-state index contributed by atoms with van der Waals surface area (Å²) in [7, 11) is 1.49. The average Bonchev–Trinajstić information content (AvgIpc) is 2.90. The van der Waals surface area contributed by atoms with Crippen LogP contribution in [0.25, 0.3) is 10.9 Å². The number of hydrogen-bond acceptors (Lipinski definition) is 7. The zero-order valence-electron chi connectivity index (χ0n) is 20.2. The summed E-state index contributed by atoms with van der Waals surface area (Å²) in [5.41, 5.74) is 1.76. The maximum Gasteiger partial charge on any atom is 0.409 e. The average molecular weight is 533 g/mol. The maximum absolute atomic E-state index is 11.1. The summed E-state index contributed by atoms with van der Waals surface area (Å²) in [5.74, 6) is 1.14. The van der Waals surface area contributed by atoms with E-state index in [0.717, 1.165) is 67.9 Å². The Kier molecular flexibility index (Phi) is 9.33. The van der Waals surface area contributed by atoms with Crippen LogP contribution in [0.2, 0.25) is 10.0 Å². The van der Waals surface area contributed by atoms with Crippen molar-refractivity contribution < 1.29 is 19.0 Å². The Hall–Kier alpha value is -2.94. The standard InChI is InChI=1S/C26H30Cl2N4O4/c1-29-26(33)36-18-35-24-10-8-19-7-9-20(17-22(19)30-24)34-16-3-2-11-31-12-14-32(15-13-31)23-6-4-5-21(27)25(23)28/h4-10,17H,2-3,11-16,18H2,1H3,(H,29,33). The topological polar surface area (TPSA) is 76.2 Å². The Morgan fingerprint density at radius 2 is 1.83 bits per heavy atom. The van der Waals surface area contributed by atoms with Gasteiger partial charge in [0.1, 0.15) is 5.75 Å². The van der Waals surface area contributed by atoms with Gasteiger partial charge >= 0.3 is 6.09 Å². The van der Waals surface area contributed by atoms with Crippen LogP contribution in [-0.2, 0) is 4.74 Å². The lowest BCUT2D eigenvalue weighted by molar-refractivity contribution is 0.0583. The van der Waals surface area contributed by atoms with E-state index in [1.807, 2.05) is 42.5 Å². The molecule has 3 aromatic rings. The molecule has 0 aliphatic carbocycles. The second-order valence-electron chi connectivity index (χ2n) is 8.41. The van der Waals surface area contributed by atoms with Crippen LogP contribution in [0, 0.1) is 0 Å². The van der Waals surface area contributed by atoms with Gasteiger partial charge in [0.25, 0.3) is 0 Å². The molecular weight excluding hydrogens is 503 g/mol. The van der Waals surface area contributed by atoms with Crippen LogP contribution >= 0.6 is 23.2 Å². The van der Waals surface area contributed by atoms with Gasteiger partial charge < -0.3 is 24.4 Å². The Bertz CT molecular complexity index is 1170. The van der Waals surface area contributed by atoms with E-state index >= 15 is 0 Å². The maximum atomic E-state index is 11.1. The third-order valence-electron chi connectivity index (χ3n) is 6.02. The zero-order valence-corrected chi connectivity index (χ0v) is 21.7. The largest absolute Gasteiger partial charge is 0.494 e. The first-order valence-corrected chi connectivity index (χ1v) is 12.7. The molecule has 10 heteroatoms. The minimum Gasteiger partial charge on any atom is -0.494 e. The molecule has 4 rings (SSSR count). The Balaban J connectivity index is 1.17. The van der Waals surface area contributed by atoms with Crippen molar-refractivity contribution in [2.75, 3.05) is 58.1 Å². The molecule has 1 aliphatic heterocycles. The number of fused-ring (bicyclic) bond motifs is 1. The van der Waals surface area contributed by atoms with E-state index < -0.39 is 6.09 Å². The van der Waals surface area contributed by atoms with E-state index in [2.05, 4.69) is 20.1 Å². The van der Waals surface area contributed by atoms with E-state index in [0.29, 0.717) is 22.5 Å². The fraction of sp³-hybridized carbons (Fsp3) is 0.385. The van der Waals surface area contributed by atoms with Gasteiger partial charge in [-0.3, -0.25) is 4.90 Å². The number of piperazine rings is 1. The highest BCUT2D eigenvalue weighted by atomic mass is 35.5. The Morgan fingerprint density at radius 3 is 2.64 bits per heavy atom. The lowest BCUT2D eigenvalue weighted by Crippen LogP contribution is -2.46. The van der Waals surface area contributed by atoms with Crippen LogP contribution in [0.1, 0.15) is 12.8 Å². The molecule has 2 heterocycles. The highest BCUT2D eigenvalue weighted by Gasteiger charge is 2.19.